The summed E-state index contributed by atoms with van der Waals surface area (Å²) in [5, 5.41) is 22.3. The van der Waals surface area contributed by atoms with E-state index in [0.717, 1.165) is 19.3 Å². The second-order valence-electron chi connectivity index (χ2n) is 5.44. The molecule has 1 aliphatic carbocycles. The molecule has 0 amide bonds. The molecule has 0 heterocycles. The van der Waals surface area contributed by atoms with Gasteiger partial charge < -0.3 is 15.5 Å². The molecule has 3 heteroatoms. The number of fused-ring (bicyclic) bond motifs is 1. The number of aliphatic hydroxyl groups excluding tert-OH is 1. The predicted octanol–water partition coefficient (Wildman–Crippen LogP) is 2.38. The Balaban J connectivity index is 2.12. The highest BCUT2D eigenvalue weighted by Gasteiger charge is 2.23. The Kier molecular flexibility index (Phi) is 4.25. The maximum atomic E-state index is 9.53. The first-order valence-corrected chi connectivity index (χ1v) is 6.80. The lowest BCUT2D eigenvalue weighted by molar-refractivity contribution is 0.198. The summed E-state index contributed by atoms with van der Waals surface area (Å²) < 4.78 is 0. The van der Waals surface area contributed by atoms with E-state index < -0.39 is 0 Å². The number of rotatable bonds is 4. The van der Waals surface area contributed by atoms with E-state index in [2.05, 4.69) is 19.2 Å². The molecule has 1 aromatic rings. The zero-order chi connectivity index (χ0) is 13.1. The lowest BCUT2D eigenvalue weighted by atomic mass is 9.86. The van der Waals surface area contributed by atoms with E-state index in [1.807, 2.05) is 12.1 Å². The minimum atomic E-state index is 0.212. The van der Waals surface area contributed by atoms with E-state index in [9.17, 15) is 10.2 Å². The van der Waals surface area contributed by atoms with Gasteiger partial charge in [-0.25, -0.2) is 0 Å². The number of phenolic OH excluding ortho intramolecular Hbond substituents is 1. The molecule has 0 fully saturated rings. The summed E-state index contributed by atoms with van der Waals surface area (Å²) in [6.07, 6.45) is 3.32. The van der Waals surface area contributed by atoms with Crippen molar-refractivity contribution < 1.29 is 10.2 Å². The molecule has 0 aliphatic heterocycles. The van der Waals surface area contributed by atoms with Crippen LogP contribution in [0.4, 0.5) is 0 Å². The molecule has 3 nitrogen and oxygen atoms in total. The third kappa shape index (κ3) is 2.85. The molecule has 2 rings (SSSR count). The Morgan fingerprint density at radius 2 is 2.17 bits per heavy atom. The average molecular weight is 249 g/mol. The topological polar surface area (TPSA) is 52.5 Å². The van der Waals surface area contributed by atoms with E-state index in [1.54, 1.807) is 6.07 Å². The van der Waals surface area contributed by atoms with Crippen molar-refractivity contribution in [2.45, 2.75) is 45.2 Å². The standard InChI is InChI=1S/C15H23NO2/c1-10(9-17)11(2)16-15-5-3-4-12-8-13(18)6-7-14(12)15/h6-8,10-11,15-18H,3-5,9H2,1-2H3. The summed E-state index contributed by atoms with van der Waals surface area (Å²) in [6, 6.07) is 6.30. The van der Waals surface area contributed by atoms with Gasteiger partial charge in [0.2, 0.25) is 0 Å². The van der Waals surface area contributed by atoms with Crippen LogP contribution < -0.4 is 5.32 Å². The summed E-state index contributed by atoms with van der Waals surface area (Å²) >= 11 is 0. The van der Waals surface area contributed by atoms with Gasteiger partial charge >= 0.3 is 0 Å². The number of nitrogens with one attached hydrogen (secondary N) is 1. The number of aliphatic hydroxyl groups is 1. The largest absolute Gasteiger partial charge is 0.508 e. The predicted molar refractivity (Wildman–Crippen MR) is 72.6 cm³/mol. The molecular weight excluding hydrogens is 226 g/mol. The minimum absolute atomic E-state index is 0.212. The zero-order valence-electron chi connectivity index (χ0n) is 11.2. The minimum Gasteiger partial charge on any atom is -0.508 e. The fourth-order valence-electron chi connectivity index (χ4n) is 2.61. The van der Waals surface area contributed by atoms with Crippen molar-refractivity contribution in [2.75, 3.05) is 6.61 Å². The van der Waals surface area contributed by atoms with Crippen LogP contribution in [0.2, 0.25) is 0 Å². The Hall–Kier alpha value is -1.06. The second kappa shape index (κ2) is 5.72. The molecule has 1 aliphatic rings. The Morgan fingerprint density at radius 1 is 1.39 bits per heavy atom. The van der Waals surface area contributed by atoms with Crippen molar-refractivity contribution in [2.24, 2.45) is 5.92 Å². The monoisotopic (exact) mass is 249 g/mol. The lowest BCUT2D eigenvalue weighted by Crippen LogP contribution is -2.38. The maximum absolute atomic E-state index is 9.53. The zero-order valence-corrected chi connectivity index (χ0v) is 11.2. The number of aryl methyl sites for hydroxylation is 1. The van der Waals surface area contributed by atoms with Gasteiger partial charge in [-0.1, -0.05) is 13.0 Å². The summed E-state index contributed by atoms with van der Waals surface area (Å²) in [4.78, 5) is 0. The van der Waals surface area contributed by atoms with Crippen LogP contribution in [0.5, 0.6) is 5.75 Å². The summed E-state index contributed by atoms with van der Waals surface area (Å²) in [7, 11) is 0. The van der Waals surface area contributed by atoms with Gasteiger partial charge in [-0.15, -0.1) is 0 Å². The SMILES string of the molecule is CC(CO)C(C)NC1CCCc2cc(O)ccc21. The third-order valence-electron chi connectivity index (χ3n) is 4.05. The van der Waals surface area contributed by atoms with Gasteiger partial charge in [0.15, 0.2) is 0 Å². The molecule has 0 saturated carbocycles. The first-order chi connectivity index (χ1) is 8.61. The van der Waals surface area contributed by atoms with Gasteiger partial charge in [-0.05, 0) is 55.4 Å². The normalized spacial score (nSPS) is 22.3. The van der Waals surface area contributed by atoms with E-state index in [1.165, 1.54) is 11.1 Å². The van der Waals surface area contributed by atoms with Crippen molar-refractivity contribution in [3.05, 3.63) is 29.3 Å². The van der Waals surface area contributed by atoms with Crippen molar-refractivity contribution in [3.8, 4) is 5.75 Å². The van der Waals surface area contributed by atoms with Crippen molar-refractivity contribution in [1.29, 1.82) is 0 Å². The highest BCUT2D eigenvalue weighted by Crippen LogP contribution is 2.32. The molecule has 0 aromatic heterocycles. The highest BCUT2D eigenvalue weighted by atomic mass is 16.3. The fourth-order valence-corrected chi connectivity index (χ4v) is 2.61. The number of hydrogen-bond donors (Lipinski definition) is 3. The molecule has 100 valence electrons. The molecule has 3 atom stereocenters. The Morgan fingerprint density at radius 3 is 2.89 bits per heavy atom. The van der Waals surface area contributed by atoms with Gasteiger partial charge in [0.25, 0.3) is 0 Å². The van der Waals surface area contributed by atoms with E-state index in [-0.39, 0.29) is 12.5 Å². The van der Waals surface area contributed by atoms with Crippen molar-refractivity contribution >= 4 is 0 Å². The molecule has 0 radical (unpaired) electrons. The average Bonchev–Trinajstić information content (AvgIpc) is 2.37. The van der Waals surface area contributed by atoms with Crippen LogP contribution in [-0.4, -0.2) is 22.9 Å². The molecule has 3 unspecified atom stereocenters. The van der Waals surface area contributed by atoms with Gasteiger partial charge in [-0.2, -0.15) is 0 Å². The Labute approximate surface area is 109 Å². The smallest absolute Gasteiger partial charge is 0.115 e. The van der Waals surface area contributed by atoms with Crippen LogP contribution >= 0.6 is 0 Å². The second-order valence-corrected chi connectivity index (χ2v) is 5.44. The summed E-state index contributed by atoms with van der Waals surface area (Å²) in [5.41, 5.74) is 2.55. The molecule has 3 N–H and O–H groups in total. The molecular formula is C15H23NO2. The van der Waals surface area contributed by atoms with Crippen LogP contribution in [0, 0.1) is 5.92 Å². The Bertz CT molecular complexity index is 405. The van der Waals surface area contributed by atoms with E-state index >= 15 is 0 Å². The van der Waals surface area contributed by atoms with Gasteiger partial charge in [0.1, 0.15) is 5.75 Å². The molecule has 0 saturated heterocycles. The lowest BCUT2D eigenvalue weighted by Gasteiger charge is -2.31. The van der Waals surface area contributed by atoms with Crippen LogP contribution in [0.1, 0.15) is 43.9 Å². The van der Waals surface area contributed by atoms with Gasteiger partial charge in [-0.3, -0.25) is 0 Å². The molecule has 18 heavy (non-hydrogen) atoms. The first kappa shape index (κ1) is 13.4. The van der Waals surface area contributed by atoms with Crippen molar-refractivity contribution in [3.63, 3.8) is 0 Å². The van der Waals surface area contributed by atoms with Gasteiger partial charge in [0, 0.05) is 18.7 Å². The quantitative estimate of drug-likeness (QED) is 0.768. The van der Waals surface area contributed by atoms with Crippen LogP contribution in [-0.2, 0) is 6.42 Å². The number of hydrogen-bond acceptors (Lipinski definition) is 3. The number of phenols is 1. The highest BCUT2D eigenvalue weighted by molar-refractivity contribution is 5.38. The third-order valence-corrected chi connectivity index (χ3v) is 4.05. The number of aromatic hydroxyl groups is 1. The van der Waals surface area contributed by atoms with E-state index in [0.29, 0.717) is 17.8 Å². The van der Waals surface area contributed by atoms with Crippen molar-refractivity contribution in [1.82, 2.24) is 5.32 Å². The maximum Gasteiger partial charge on any atom is 0.115 e. The van der Waals surface area contributed by atoms with Crippen LogP contribution in [0.15, 0.2) is 18.2 Å². The van der Waals surface area contributed by atoms with Crippen LogP contribution in [0.3, 0.4) is 0 Å². The summed E-state index contributed by atoms with van der Waals surface area (Å²) in [5.74, 6) is 0.610. The van der Waals surface area contributed by atoms with Gasteiger partial charge in [0.05, 0.1) is 0 Å². The molecule has 0 spiro atoms. The molecule has 0 bridgehead atoms. The first-order valence-electron chi connectivity index (χ1n) is 6.80. The fraction of sp³-hybridized carbons (Fsp3) is 0.600. The van der Waals surface area contributed by atoms with E-state index in [4.69, 9.17) is 0 Å². The number of benzene rings is 1. The summed E-state index contributed by atoms with van der Waals surface area (Å²) in [6.45, 7) is 4.39. The van der Waals surface area contributed by atoms with Crippen LogP contribution in [0.25, 0.3) is 0 Å². The molecule has 1 aromatic carbocycles.